The third kappa shape index (κ3) is 3.21. The van der Waals surface area contributed by atoms with Crippen LogP contribution in [0.5, 0.6) is 0 Å². The monoisotopic (exact) mass is 378 g/mol. The smallest absolute Gasteiger partial charge is 0.257 e. The summed E-state index contributed by atoms with van der Waals surface area (Å²) in [5.41, 5.74) is 3.77. The van der Waals surface area contributed by atoms with Crippen molar-refractivity contribution >= 4 is 17.5 Å². The topological polar surface area (TPSA) is 92.5 Å². The van der Waals surface area contributed by atoms with E-state index >= 15 is 0 Å². The fraction of sp³-hybridized carbons (Fsp3) is 0.350. The van der Waals surface area contributed by atoms with Crippen LogP contribution in [0.4, 0.5) is 0 Å². The fourth-order valence-electron chi connectivity index (χ4n) is 3.56. The van der Waals surface area contributed by atoms with Gasteiger partial charge in [0, 0.05) is 24.8 Å². The SMILES string of the molecule is Cc1ccc(C(=O)N[C@H]2CN(C(=O)c3cccn4nnnc34)C[C@H]2C)cc1C. The summed E-state index contributed by atoms with van der Waals surface area (Å²) in [7, 11) is 0. The van der Waals surface area contributed by atoms with Crippen LogP contribution in [0.15, 0.2) is 36.5 Å². The molecule has 0 radical (unpaired) electrons. The molecule has 144 valence electrons. The second-order valence-electron chi connectivity index (χ2n) is 7.44. The van der Waals surface area contributed by atoms with E-state index in [-0.39, 0.29) is 23.8 Å². The highest BCUT2D eigenvalue weighted by atomic mass is 16.2. The molecule has 1 saturated heterocycles. The second-order valence-corrected chi connectivity index (χ2v) is 7.44. The molecule has 2 atom stereocenters. The van der Waals surface area contributed by atoms with Gasteiger partial charge in [-0.2, -0.15) is 4.52 Å². The molecule has 1 aliphatic rings. The van der Waals surface area contributed by atoms with Gasteiger partial charge in [0.05, 0.1) is 11.6 Å². The van der Waals surface area contributed by atoms with Crippen LogP contribution in [0, 0.1) is 19.8 Å². The number of likely N-dealkylation sites (tertiary alicyclic amines) is 1. The molecule has 1 aliphatic heterocycles. The maximum absolute atomic E-state index is 13.0. The van der Waals surface area contributed by atoms with E-state index in [1.807, 2.05) is 39.0 Å². The summed E-state index contributed by atoms with van der Waals surface area (Å²) in [5, 5.41) is 14.5. The van der Waals surface area contributed by atoms with Gasteiger partial charge in [-0.05, 0) is 65.6 Å². The van der Waals surface area contributed by atoms with Gasteiger partial charge in [0.1, 0.15) is 0 Å². The van der Waals surface area contributed by atoms with Crippen LogP contribution in [-0.4, -0.2) is 55.9 Å². The summed E-state index contributed by atoms with van der Waals surface area (Å²) in [4.78, 5) is 27.4. The van der Waals surface area contributed by atoms with Crippen LogP contribution in [-0.2, 0) is 0 Å². The van der Waals surface area contributed by atoms with Gasteiger partial charge in [0.25, 0.3) is 11.8 Å². The summed E-state index contributed by atoms with van der Waals surface area (Å²) >= 11 is 0. The van der Waals surface area contributed by atoms with Gasteiger partial charge in [-0.25, -0.2) is 0 Å². The predicted octanol–water partition coefficient (Wildman–Crippen LogP) is 1.63. The maximum atomic E-state index is 13.0. The Hall–Kier alpha value is -3.29. The van der Waals surface area contributed by atoms with Crippen LogP contribution in [0.25, 0.3) is 5.65 Å². The van der Waals surface area contributed by atoms with E-state index in [1.54, 1.807) is 23.2 Å². The summed E-state index contributed by atoms with van der Waals surface area (Å²) in [6.45, 7) is 7.08. The van der Waals surface area contributed by atoms with Gasteiger partial charge in [-0.15, -0.1) is 5.10 Å². The number of aromatic nitrogens is 4. The Kier molecular flexibility index (Phi) is 4.54. The van der Waals surface area contributed by atoms with Gasteiger partial charge in [0.2, 0.25) is 0 Å². The first-order valence-corrected chi connectivity index (χ1v) is 9.28. The molecule has 2 aromatic heterocycles. The molecule has 2 amide bonds. The highest BCUT2D eigenvalue weighted by Gasteiger charge is 2.34. The van der Waals surface area contributed by atoms with Crippen LogP contribution in [0.1, 0.15) is 38.8 Å². The van der Waals surface area contributed by atoms with E-state index < -0.39 is 0 Å². The first kappa shape index (κ1) is 18.1. The van der Waals surface area contributed by atoms with E-state index in [1.165, 1.54) is 4.52 Å². The van der Waals surface area contributed by atoms with E-state index in [0.717, 1.165) is 11.1 Å². The highest BCUT2D eigenvalue weighted by molar-refractivity contribution is 6.00. The number of hydrogen-bond acceptors (Lipinski definition) is 5. The Morgan fingerprint density at radius 3 is 2.75 bits per heavy atom. The lowest BCUT2D eigenvalue weighted by Crippen LogP contribution is -2.40. The number of amides is 2. The van der Waals surface area contributed by atoms with E-state index in [9.17, 15) is 9.59 Å². The molecule has 0 bridgehead atoms. The zero-order valence-electron chi connectivity index (χ0n) is 16.1. The zero-order valence-corrected chi connectivity index (χ0v) is 16.1. The molecule has 8 heteroatoms. The van der Waals surface area contributed by atoms with Crippen LogP contribution < -0.4 is 5.32 Å². The van der Waals surface area contributed by atoms with Crippen molar-refractivity contribution in [2.24, 2.45) is 5.92 Å². The van der Waals surface area contributed by atoms with Crippen molar-refractivity contribution in [2.45, 2.75) is 26.8 Å². The Bertz CT molecular complexity index is 1060. The van der Waals surface area contributed by atoms with Crippen molar-refractivity contribution in [2.75, 3.05) is 13.1 Å². The Morgan fingerprint density at radius 2 is 1.96 bits per heavy atom. The quantitative estimate of drug-likeness (QED) is 0.748. The molecule has 8 nitrogen and oxygen atoms in total. The number of pyridine rings is 1. The summed E-state index contributed by atoms with van der Waals surface area (Å²) in [6, 6.07) is 9.04. The molecule has 1 fully saturated rings. The first-order valence-electron chi connectivity index (χ1n) is 9.28. The minimum absolute atomic E-state index is 0.103. The normalized spacial score (nSPS) is 19.2. The molecule has 4 rings (SSSR count). The predicted molar refractivity (Wildman–Crippen MR) is 103 cm³/mol. The van der Waals surface area contributed by atoms with Gasteiger partial charge in [-0.3, -0.25) is 9.59 Å². The third-order valence-corrected chi connectivity index (χ3v) is 5.44. The Morgan fingerprint density at radius 1 is 1.14 bits per heavy atom. The van der Waals surface area contributed by atoms with Crippen LogP contribution >= 0.6 is 0 Å². The molecule has 0 saturated carbocycles. The van der Waals surface area contributed by atoms with Gasteiger partial charge in [0.15, 0.2) is 5.65 Å². The Labute approximate surface area is 162 Å². The maximum Gasteiger partial charge on any atom is 0.257 e. The highest BCUT2D eigenvalue weighted by Crippen LogP contribution is 2.21. The number of carbonyl (C=O) groups excluding carboxylic acids is 2. The number of fused-ring (bicyclic) bond motifs is 1. The number of benzene rings is 1. The van der Waals surface area contributed by atoms with E-state index in [4.69, 9.17) is 0 Å². The molecule has 1 N–H and O–H groups in total. The Balaban J connectivity index is 1.48. The second kappa shape index (κ2) is 7.03. The summed E-state index contributed by atoms with van der Waals surface area (Å²) in [6.07, 6.45) is 1.70. The minimum atomic E-state index is -0.129. The number of aryl methyl sites for hydroxylation is 2. The lowest BCUT2D eigenvalue weighted by atomic mass is 10.0. The number of nitrogens with zero attached hydrogens (tertiary/aromatic N) is 5. The van der Waals surface area contributed by atoms with Crippen molar-refractivity contribution in [1.29, 1.82) is 0 Å². The van der Waals surface area contributed by atoms with Crippen LogP contribution in [0.2, 0.25) is 0 Å². The molecular weight excluding hydrogens is 356 g/mol. The van der Waals surface area contributed by atoms with Crippen molar-refractivity contribution in [3.05, 3.63) is 58.8 Å². The largest absolute Gasteiger partial charge is 0.347 e. The summed E-state index contributed by atoms with van der Waals surface area (Å²) in [5.74, 6) is -0.0941. The zero-order chi connectivity index (χ0) is 19.8. The number of nitrogens with one attached hydrogen (secondary N) is 1. The van der Waals surface area contributed by atoms with Crippen molar-refractivity contribution < 1.29 is 9.59 Å². The molecule has 28 heavy (non-hydrogen) atoms. The third-order valence-electron chi connectivity index (χ3n) is 5.44. The summed E-state index contributed by atoms with van der Waals surface area (Å²) < 4.78 is 1.48. The van der Waals surface area contributed by atoms with Gasteiger partial charge in [-0.1, -0.05) is 13.0 Å². The molecule has 0 spiro atoms. The standard InChI is InChI=1S/C20H22N6O2/c1-12-6-7-15(9-13(12)2)19(27)21-17-11-25(10-14(17)3)20(28)16-5-4-8-26-18(16)22-23-24-26/h4-9,14,17H,10-11H2,1-3H3,(H,21,27)/t14-,17+/m1/s1. The number of rotatable bonds is 3. The number of tetrazole rings is 1. The molecule has 3 aromatic rings. The molecule has 1 aromatic carbocycles. The van der Waals surface area contributed by atoms with Gasteiger partial charge < -0.3 is 10.2 Å². The van der Waals surface area contributed by atoms with Crippen molar-refractivity contribution in [3.63, 3.8) is 0 Å². The lowest BCUT2D eigenvalue weighted by molar-refractivity contribution is 0.0782. The minimum Gasteiger partial charge on any atom is -0.347 e. The average Bonchev–Trinajstić information content (AvgIpc) is 3.30. The molecule has 3 heterocycles. The first-order chi connectivity index (χ1) is 13.4. The number of carbonyl (C=O) groups is 2. The average molecular weight is 378 g/mol. The van der Waals surface area contributed by atoms with E-state index in [2.05, 4.69) is 20.8 Å². The van der Waals surface area contributed by atoms with Crippen molar-refractivity contribution in [3.8, 4) is 0 Å². The lowest BCUT2D eigenvalue weighted by Gasteiger charge is -2.18. The van der Waals surface area contributed by atoms with Crippen LogP contribution in [0.3, 0.4) is 0 Å². The molecule has 0 unspecified atom stereocenters. The number of hydrogen-bond donors (Lipinski definition) is 1. The molecule has 0 aliphatic carbocycles. The van der Waals surface area contributed by atoms with E-state index in [0.29, 0.717) is 29.9 Å². The fourth-order valence-corrected chi connectivity index (χ4v) is 3.56. The van der Waals surface area contributed by atoms with Crippen molar-refractivity contribution in [1.82, 2.24) is 30.3 Å². The van der Waals surface area contributed by atoms with Gasteiger partial charge >= 0.3 is 0 Å². The molecular formula is C20H22N6O2.